The predicted molar refractivity (Wildman–Crippen MR) is 58.8 cm³/mol. The average molecular weight is 218 g/mol. The Labute approximate surface area is 93.4 Å². The summed E-state index contributed by atoms with van der Waals surface area (Å²) in [6.45, 7) is 1.74. The third-order valence-electron chi connectivity index (χ3n) is 3.50. The van der Waals surface area contributed by atoms with Crippen molar-refractivity contribution in [2.75, 3.05) is 13.1 Å². The molecule has 0 saturated carbocycles. The largest absolute Gasteiger partial charge is 0.366 e. The Kier molecular flexibility index (Phi) is 1.99. The first-order chi connectivity index (χ1) is 7.71. The quantitative estimate of drug-likeness (QED) is 0.615. The standard InChI is InChI=1S/C11H14N4O/c12-10(16)8-2-1-3-13-9(8)11-4-7(5-15-11)14-6-11/h1-3,7,14-15H,4-6H2,(H2,12,16). The van der Waals surface area contributed by atoms with Crippen LogP contribution in [0.1, 0.15) is 22.5 Å². The van der Waals surface area contributed by atoms with Gasteiger partial charge in [-0.3, -0.25) is 9.78 Å². The Morgan fingerprint density at radius 3 is 3.06 bits per heavy atom. The van der Waals surface area contributed by atoms with E-state index in [1.807, 2.05) is 0 Å². The number of nitrogens with zero attached hydrogens (tertiary/aromatic N) is 1. The number of amides is 1. The van der Waals surface area contributed by atoms with E-state index in [1.54, 1.807) is 18.3 Å². The summed E-state index contributed by atoms with van der Waals surface area (Å²) in [5.74, 6) is -0.408. The van der Waals surface area contributed by atoms with Crippen molar-refractivity contribution in [3.63, 3.8) is 0 Å². The molecular weight excluding hydrogens is 204 g/mol. The van der Waals surface area contributed by atoms with Crippen molar-refractivity contribution >= 4 is 5.91 Å². The van der Waals surface area contributed by atoms with E-state index in [0.29, 0.717) is 11.6 Å². The van der Waals surface area contributed by atoms with Crippen molar-refractivity contribution in [2.45, 2.75) is 18.0 Å². The van der Waals surface area contributed by atoms with Crippen molar-refractivity contribution in [1.82, 2.24) is 15.6 Å². The van der Waals surface area contributed by atoms with E-state index in [4.69, 9.17) is 5.73 Å². The van der Waals surface area contributed by atoms with Crippen LogP contribution in [0.15, 0.2) is 18.3 Å². The summed E-state index contributed by atoms with van der Waals surface area (Å²) in [5, 5.41) is 6.86. The molecule has 5 heteroatoms. The van der Waals surface area contributed by atoms with E-state index >= 15 is 0 Å². The Morgan fingerprint density at radius 1 is 1.62 bits per heavy atom. The molecular formula is C11H14N4O. The molecule has 84 valence electrons. The molecule has 3 rings (SSSR count). The molecule has 2 aliphatic rings. The highest BCUT2D eigenvalue weighted by molar-refractivity contribution is 5.94. The number of fused-ring (bicyclic) bond motifs is 2. The minimum Gasteiger partial charge on any atom is -0.366 e. The summed E-state index contributed by atoms with van der Waals surface area (Å²) < 4.78 is 0. The molecule has 0 spiro atoms. The molecule has 4 N–H and O–H groups in total. The molecule has 2 aliphatic heterocycles. The highest BCUT2D eigenvalue weighted by Crippen LogP contribution is 2.35. The lowest BCUT2D eigenvalue weighted by Crippen LogP contribution is -2.48. The van der Waals surface area contributed by atoms with Gasteiger partial charge in [0.2, 0.25) is 0 Å². The first-order valence-electron chi connectivity index (χ1n) is 5.45. The lowest BCUT2D eigenvalue weighted by molar-refractivity contribution is 0.0997. The first-order valence-corrected chi connectivity index (χ1v) is 5.45. The maximum Gasteiger partial charge on any atom is 0.250 e. The van der Waals surface area contributed by atoms with Crippen LogP contribution in [0.2, 0.25) is 0 Å². The Balaban J connectivity index is 2.09. The summed E-state index contributed by atoms with van der Waals surface area (Å²) >= 11 is 0. The molecule has 3 heterocycles. The van der Waals surface area contributed by atoms with Gasteiger partial charge >= 0.3 is 0 Å². The van der Waals surface area contributed by atoms with E-state index in [2.05, 4.69) is 15.6 Å². The SMILES string of the molecule is NC(=O)c1cccnc1C12CNC(CN1)C2. The second kappa shape index (κ2) is 3.26. The number of pyridine rings is 1. The molecule has 5 nitrogen and oxygen atoms in total. The van der Waals surface area contributed by atoms with E-state index < -0.39 is 5.91 Å². The molecule has 0 aromatic carbocycles. The number of carbonyl (C=O) groups excluding carboxylic acids is 1. The van der Waals surface area contributed by atoms with Gasteiger partial charge in [-0.2, -0.15) is 0 Å². The minimum absolute atomic E-state index is 0.198. The van der Waals surface area contributed by atoms with Crippen molar-refractivity contribution in [3.8, 4) is 0 Å². The molecule has 2 unspecified atom stereocenters. The fourth-order valence-corrected chi connectivity index (χ4v) is 2.73. The topological polar surface area (TPSA) is 80.0 Å². The van der Waals surface area contributed by atoms with Crippen molar-refractivity contribution in [1.29, 1.82) is 0 Å². The van der Waals surface area contributed by atoms with Crippen LogP contribution >= 0.6 is 0 Å². The van der Waals surface area contributed by atoms with Gasteiger partial charge in [-0.15, -0.1) is 0 Å². The van der Waals surface area contributed by atoms with Crippen LogP contribution in [0.25, 0.3) is 0 Å². The number of rotatable bonds is 2. The highest BCUT2D eigenvalue weighted by Gasteiger charge is 2.48. The third kappa shape index (κ3) is 1.25. The fraction of sp³-hybridized carbons (Fsp3) is 0.455. The molecule has 0 aliphatic carbocycles. The van der Waals surface area contributed by atoms with E-state index in [0.717, 1.165) is 25.2 Å². The summed E-state index contributed by atoms with van der Waals surface area (Å²) in [6.07, 6.45) is 2.69. The molecule has 1 aromatic rings. The normalized spacial score (nSPS) is 31.9. The van der Waals surface area contributed by atoms with E-state index in [1.165, 1.54) is 0 Å². The first kappa shape index (κ1) is 9.74. The fourth-order valence-electron chi connectivity index (χ4n) is 2.73. The lowest BCUT2D eigenvalue weighted by Gasteiger charge is -2.28. The maximum absolute atomic E-state index is 11.4. The molecule has 16 heavy (non-hydrogen) atoms. The number of nitrogens with two attached hydrogens (primary N) is 1. The van der Waals surface area contributed by atoms with Gasteiger partial charge in [0.1, 0.15) is 0 Å². The predicted octanol–water partition coefficient (Wildman–Crippen LogP) is -0.659. The minimum atomic E-state index is -0.408. The second-order valence-corrected chi connectivity index (χ2v) is 4.51. The van der Waals surface area contributed by atoms with Crippen LogP contribution in [0.5, 0.6) is 0 Å². The van der Waals surface area contributed by atoms with Crippen LogP contribution in [0.3, 0.4) is 0 Å². The highest BCUT2D eigenvalue weighted by atomic mass is 16.1. The number of piperazine rings is 1. The summed E-state index contributed by atoms with van der Waals surface area (Å²) in [4.78, 5) is 15.7. The van der Waals surface area contributed by atoms with Gasteiger partial charge in [-0.25, -0.2) is 0 Å². The number of nitrogens with one attached hydrogen (secondary N) is 2. The van der Waals surface area contributed by atoms with Crippen LogP contribution in [0.4, 0.5) is 0 Å². The van der Waals surface area contributed by atoms with Gasteiger partial charge in [0.05, 0.1) is 16.8 Å². The Morgan fingerprint density at radius 2 is 2.50 bits per heavy atom. The zero-order valence-electron chi connectivity index (χ0n) is 8.86. The monoisotopic (exact) mass is 218 g/mol. The Hall–Kier alpha value is -1.46. The number of hydrogen-bond donors (Lipinski definition) is 3. The molecule has 2 bridgehead atoms. The van der Waals surface area contributed by atoms with Crippen LogP contribution in [-0.2, 0) is 5.54 Å². The number of primary amides is 1. The van der Waals surface area contributed by atoms with Gasteiger partial charge in [0.15, 0.2) is 0 Å². The van der Waals surface area contributed by atoms with Gasteiger partial charge in [-0.1, -0.05) is 0 Å². The number of hydrogen-bond acceptors (Lipinski definition) is 4. The molecule has 0 radical (unpaired) electrons. The Bertz CT molecular complexity index is 437. The smallest absolute Gasteiger partial charge is 0.250 e. The third-order valence-corrected chi connectivity index (χ3v) is 3.50. The summed E-state index contributed by atoms with van der Waals surface area (Å²) in [6, 6.07) is 3.98. The van der Waals surface area contributed by atoms with Crippen molar-refractivity contribution < 1.29 is 4.79 Å². The van der Waals surface area contributed by atoms with Gasteiger partial charge in [-0.05, 0) is 18.6 Å². The zero-order valence-corrected chi connectivity index (χ0v) is 8.86. The maximum atomic E-state index is 11.4. The van der Waals surface area contributed by atoms with Gasteiger partial charge in [0.25, 0.3) is 5.91 Å². The summed E-state index contributed by atoms with van der Waals surface area (Å²) in [7, 11) is 0. The molecule has 2 fully saturated rings. The van der Waals surface area contributed by atoms with Crippen molar-refractivity contribution in [2.24, 2.45) is 5.73 Å². The summed E-state index contributed by atoms with van der Waals surface area (Å²) in [5.41, 5.74) is 6.50. The number of carbonyl (C=O) groups is 1. The zero-order chi connectivity index (χ0) is 11.2. The van der Waals surface area contributed by atoms with Crippen LogP contribution in [-0.4, -0.2) is 30.0 Å². The molecule has 1 amide bonds. The van der Waals surface area contributed by atoms with Crippen LogP contribution < -0.4 is 16.4 Å². The second-order valence-electron chi connectivity index (χ2n) is 4.51. The van der Waals surface area contributed by atoms with Gasteiger partial charge < -0.3 is 16.4 Å². The molecule has 2 atom stereocenters. The van der Waals surface area contributed by atoms with Crippen molar-refractivity contribution in [3.05, 3.63) is 29.6 Å². The van der Waals surface area contributed by atoms with Gasteiger partial charge in [0, 0.05) is 25.3 Å². The number of aromatic nitrogens is 1. The van der Waals surface area contributed by atoms with E-state index in [-0.39, 0.29) is 5.54 Å². The molecule has 2 saturated heterocycles. The lowest BCUT2D eigenvalue weighted by atomic mass is 9.91. The van der Waals surface area contributed by atoms with E-state index in [9.17, 15) is 4.79 Å². The van der Waals surface area contributed by atoms with Crippen LogP contribution in [0, 0.1) is 0 Å². The molecule has 1 aromatic heterocycles. The average Bonchev–Trinajstić information content (AvgIpc) is 2.90.